The van der Waals surface area contributed by atoms with Crippen molar-refractivity contribution in [2.24, 2.45) is 0 Å². The normalized spacial score (nSPS) is 11.2. The van der Waals surface area contributed by atoms with Crippen molar-refractivity contribution >= 4 is 49.1 Å². The monoisotopic (exact) mass is 455 g/mol. The summed E-state index contributed by atoms with van der Waals surface area (Å²) in [5.41, 5.74) is 6.18. The predicted molar refractivity (Wildman–Crippen MR) is 116 cm³/mol. The number of carbonyl (C=O) groups excluding carboxylic acids is 1. The highest BCUT2D eigenvalue weighted by Crippen LogP contribution is 2.35. The molecule has 1 amide bonds. The third-order valence-electron chi connectivity index (χ3n) is 4.50. The van der Waals surface area contributed by atoms with E-state index in [2.05, 4.69) is 31.3 Å². The van der Waals surface area contributed by atoms with Crippen LogP contribution in [0.2, 0.25) is 0 Å². The smallest absolute Gasteiger partial charge is 0.257 e. The van der Waals surface area contributed by atoms with Crippen molar-refractivity contribution in [2.75, 3.05) is 5.32 Å². The average Bonchev–Trinajstić information content (AvgIpc) is 3.21. The Morgan fingerprint density at radius 3 is 2.61 bits per heavy atom. The van der Waals surface area contributed by atoms with Crippen LogP contribution < -0.4 is 5.32 Å². The van der Waals surface area contributed by atoms with Gasteiger partial charge in [0.05, 0.1) is 21.5 Å². The lowest BCUT2D eigenvalue weighted by Crippen LogP contribution is -2.14. The molecule has 0 aliphatic rings. The number of hydrogen-bond donors (Lipinski definition) is 1. The molecule has 0 aliphatic heterocycles. The molecule has 4 aromatic rings. The van der Waals surface area contributed by atoms with E-state index in [1.165, 1.54) is 0 Å². The number of benzene rings is 1. The van der Waals surface area contributed by atoms with E-state index in [0.29, 0.717) is 5.56 Å². The van der Waals surface area contributed by atoms with E-state index in [-0.39, 0.29) is 5.91 Å². The number of rotatable bonds is 3. The number of anilines is 1. The molecule has 8 heteroatoms. The van der Waals surface area contributed by atoms with Crippen LogP contribution in [-0.2, 0) is 0 Å². The van der Waals surface area contributed by atoms with Crippen molar-refractivity contribution in [3.05, 3.63) is 63.1 Å². The minimum Gasteiger partial charge on any atom is -0.321 e. The standard InChI is InChI=1S/C20H18BrN5OS/c1-10-5-16-18(28-20(23-16)26-12(3)6-11(2)25-26)13(4)17(10)24-19(27)14-7-15(21)9-22-8-14/h5-9H,1-4H3,(H,24,27). The second kappa shape index (κ2) is 7.10. The van der Waals surface area contributed by atoms with E-state index in [9.17, 15) is 4.79 Å². The van der Waals surface area contributed by atoms with Crippen LogP contribution in [0.3, 0.4) is 0 Å². The molecule has 0 unspecified atom stereocenters. The molecule has 0 fully saturated rings. The number of aryl methyl sites for hydroxylation is 4. The van der Waals surface area contributed by atoms with Gasteiger partial charge in [-0.05, 0) is 73.0 Å². The molecule has 28 heavy (non-hydrogen) atoms. The molecule has 1 N–H and O–H groups in total. The SMILES string of the molecule is Cc1cc(C)n(-c2nc3cc(C)c(NC(=O)c4cncc(Br)c4)c(C)c3s2)n1. The number of pyridine rings is 1. The maximum atomic E-state index is 12.7. The number of fused-ring (bicyclic) bond motifs is 1. The number of nitrogens with zero attached hydrogens (tertiary/aromatic N) is 4. The fourth-order valence-corrected chi connectivity index (χ4v) is 4.63. The maximum Gasteiger partial charge on any atom is 0.257 e. The Labute approximate surface area is 174 Å². The minimum atomic E-state index is -0.192. The van der Waals surface area contributed by atoms with Crippen LogP contribution in [-0.4, -0.2) is 25.7 Å². The number of amides is 1. The second-order valence-corrected chi connectivity index (χ2v) is 8.62. The molecule has 0 atom stereocenters. The Bertz CT molecular complexity index is 1230. The number of carbonyl (C=O) groups is 1. The van der Waals surface area contributed by atoms with Gasteiger partial charge >= 0.3 is 0 Å². The number of halogens is 1. The molecule has 3 heterocycles. The molecular weight excluding hydrogens is 438 g/mol. The second-order valence-electron chi connectivity index (χ2n) is 6.72. The van der Waals surface area contributed by atoms with Crippen molar-refractivity contribution in [3.63, 3.8) is 0 Å². The van der Waals surface area contributed by atoms with Crippen molar-refractivity contribution in [1.29, 1.82) is 0 Å². The fourth-order valence-electron chi connectivity index (χ4n) is 3.20. The first-order chi connectivity index (χ1) is 13.3. The van der Waals surface area contributed by atoms with Gasteiger partial charge in [0.15, 0.2) is 0 Å². The summed E-state index contributed by atoms with van der Waals surface area (Å²) in [6.45, 7) is 7.97. The topological polar surface area (TPSA) is 72.7 Å². The van der Waals surface area contributed by atoms with Gasteiger partial charge < -0.3 is 5.32 Å². The summed E-state index contributed by atoms with van der Waals surface area (Å²) in [5, 5.41) is 8.39. The number of thiazole rings is 1. The van der Waals surface area contributed by atoms with E-state index in [1.54, 1.807) is 29.8 Å². The van der Waals surface area contributed by atoms with Crippen LogP contribution in [0.5, 0.6) is 0 Å². The Hall–Kier alpha value is -2.58. The fraction of sp³-hybridized carbons (Fsp3) is 0.200. The highest BCUT2D eigenvalue weighted by Gasteiger charge is 2.17. The Morgan fingerprint density at radius 2 is 1.93 bits per heavy atom. The molecule has 6 nitrogen and oxygen atoms in total. The van der Waals surface area contributed by atoms with Crippen molar-refractivity contribution in [2.45, 2.75) is 27.7 Å². The van der Waals surface area contributed by atoms with Crippen LogP contribution in [0.15, 0.2) is 35.1 Å². The van der Waals surface area contributed by atoms with Gasteiger partial charge in [-0.15, -0.1) is 0 Å². The lowest BCUT2D eigenvalue weighted by molar-refractivity contribution is 0.102. The summed E-state index contributed by atoms with van der Waals surface area (Å²) in [4.78, 5) is 21.5. The van der Waals surface area contributed by atoms with Gasteiger partial charge in [-0.3, -0.25) is 9.78 Å². The Morgan fingerprint density at radius 1 is 1.14 bits per heavy atom. The van der Waals surface area contributed by atoms with Gasteiger partial charge in [0.1, 0.15) is 0 Å². The van der Waals surface area contributed by atoms with Gasteiger partial charge in [-0.1, -0.05) is 11.3 Å². The summed E-state index contributed by atoms with van der Waals surface area (Å²) < 4.78 is 3.66. The number of nitrogens with one attached hydrogen (secondary N) is 1. The largest absolute Gasteiger partial charge is 0.321 e. The van der Waals surface area contributed by atoms with Gasteiger partial charge in [-0.25, -0.2) is 9.67 Å². The quantitative estimate of drug-likeness (QED) is 0.464. The molecule has 0 bridgehead atoms. The van der Waals surface area contributed by atoms with Crippen LogP contribution in [0, 0.1) is 27.7 Å². The zero-order valence-corrected chi connectivity index (χ0v) is 18.3. The molecule has 3 aromatic heterocycles. The van der Waals surface area contributed by atoms with Crippen molar-refractivity contribution < 1.29 is 4.79 Å². The molecular formula is C20H18BrN5OS. The molecule has 142 valence electrons. The molecule has 0 aliphatic carbocycles. The first-order valence-corrected chi connectivity index (χ1v) is 10.3. The molecule has 0 saturated heterocycles. The Balaban J connectivity index is 1.75. The van der Waals surface area contributed by atoms with E-state index in [0.717, 1.165) is 48.0 Å². The van der Waals surface area contributed by atoms with Gasteiger partial charge in [0.2, 0.25) is 5.13 Å². The number of hydrogen-bond acceptors (Lipinski definition) is 5. The lowest BCUT2D eigenvalue weighted by Gasteiger charge is -2.12. The van der Waals surface area contributed by atoms with Crippen molar-refractivity contribution in [1.82, 2.24) is 19.7 Å². The van der Waals surface area contributed by atoms with Crippen LogP contribution in [0.1, 0.15) is 32.9 Å². The van der Waals surface area contributed by atoms with Gasteiger partial charge in [0.25, 0.3) is 5.91 Å². The minimum absolute atomic E-state index is 0.192. The highest BCUT2D eigenvalue weighted by atomic mass is 79.9. The summed E-state index contributed by atoms with van der Waals surface area (Å²) in [7, 11) is 0. The Kier molecular flexibility index (Phi) is 4.76. The third-order valence-corrected chi connectivity index (χ3v) is 6.10. The van der Waals surface area contributed by atoms with Crippen LogP contribution >= 0.6 is 27.3 Å². The van der Waals surface area contributed by atoms with Crippen LogP contribution in [0.25, 0.3) is 15.3 Å². The highest BCUT2D eigenvalue weighted by molar-refractivity contribution is 9.10. The van der Waals surface area contributed by atoms with E-state index >= 15 is 0 Å². The number of aromatic nitrogens is 4. The molecule has 0 saturated carbocycles. The first kappa shape index (κ1) is 18.8. The summed E-state index contributed by atoms with van der Waals surface area (Å²) in [6.07, 6.45) is 3.20. The molecule has 4 rings (SSSR count). The van der Waals surface area contributed by atoms with Gasteiger partial charge in [0, 0.05) is 28.2 Å². The average molecular weight is 456 g/mol. The van der Waals surface area contributed by atoms with Gasteiger partial charge in [-0.2, -0.15) is 5.10 Å². The zero-order chi connectivity index (χ0) is 20.0. The van der Waals surface area contributed by atoms with Crippen LogP contribution in [0.4, 0.5) is 5.69 Å². The summed E-state index contributed by atoms with van der Waals surface area (Å²) >= 11 is 4.92. The molecule has 1 aromatic carbocycles. The first-order valence-electron chi connectivity index (χ1n) is 8.70. The van der Waals surface area contributed by atoms with E-state index < -0.39 is 0 Å². The van der Waals surface area contributed by atoms with E-state index in [4.69, 9.17) is 4.98 Å². The summed E-state index contributed by atoms with van der Waals surface area (Å²) in [5.74, 6) is -0.192. The molecule has 0 spiro atoms. The molecule has 0 radical (unpaired) electrons. The third kappa shape index (κ3) is 3.33. The zero-order valence-electron chi connectivity index (χ0n) is 15.9. The van der Waals surface area contributed by atoms with Crippen molar-refractivity contribution in [3.8, 4) is 5.13 Å². The predicted octanol–water partition coefficient (Wildman–Crippen LogP) is 5.13. The van der Waals surface area contributed by atoms with E-state index in [1.807, 2.05) is 44.5 Å². The summed E-state index contributed by atoms with van der Waals surface area (Å²) in [6, 6.07) is 5.78. The maximum absolute atomic E-state index is 12.7. The lowest BCUT2D eigenvalue weighted by atomic mass is 10.1.